The number of rotatable bonds is 5. The Morgan fingerprint density at radius 1 is 1.60 bits per heavy atom. The second-order valence-electron chi connectivity index (χ2n) is 5.01. The number of hydrogen-bond acceptors (Lipinski definition) is 6. The summed E-state index contributed by atoms with van der Waals surface area (Å²) in [5, 5.41) is 1.02. The molecule has 20 heavy (non-hydrogen) atoms. The monoisotopic (exact) mass is 315 g/mol. The third-order valence-corrected chi connectivity index (χ3v) is 5.73. The molecule has 0 bridgehead atoms. The summed E-state index contributed by atoms with van der Waals surface area (Å²) >= 11 is 2.94. The molecule has 1 saturated heterocycles. The number of carbonyl (C=O) groups is 1. The molecule has 1 aromatic rings. The molecule has 0 saturated carbocycles. The van der Waals surface area contributed by atoms with Gasteiger partial charge in [-0.1, -0.05) is 0 Å². The molecular formula is C13H21N3O2S2. The quantitative estimate of drug-likeness (QED) is 0.812. The van der Waals surface area contributed by atoms with Gasteiger partial charge in [-0.25, -0.2) is 0 Å². The van der Waals surface area contributed by atoms with Gasteiger partial charge in [0.25, 0.3) is 5.91 Å². The normalized spacial score (nSPS) is 19.0. The molecule has 2 heterocycles. The van der Waals surface area contributed by atoms with Crippen molar-refractivity contribution in [1.82, 2.24) is 0 Å². The summed E-state index contributed by atoms with van der Waals surface area (Å²) in [5.41, 5.74) is 11.9. The SMILES string of the molecule is CSc1c(N(C)CC2CCCOC2)sc(C(N)=O)c1N. The number of amides is 1. The van der Waals surface area contributed by atoms with Crippen LogP contribution in [0.1, 0.15) is 22.5 Å². The highest BCUT2D eigenvalue weighted by molar-refractivity contribution is 7.99. The summed E-state index contributed by atoms with van der Waals surface area (Å²) in [7, 11) is 2.03. The maximum Gasteiger partial charge on any atom is 0.261 e. The minimum Gasteiger partial charge on any atom is -0.396 e. The first-order chi connectivity index (χ1) is 9.54. The smallest absolute Gasteiger partial charge is 0.261 e. The predicted molar refractivity (Wildman–Crippen MR) is 85.8 cm³/mol. The van der Waals surface area contributed by atoms with Crippen LogP contribution in [0.2, 0.25) is 0 Å². The van der Waals surface area contributed by atoms with Crippen LogP contribution in [-0.4, -0.2) is 39.0 Å². The van der Waals surface area contributed by atoms with Crippen LogP contribution in [0.25, 0.3) is 0 Å². The summed E-state index contributed by atoms with van der Waals surface area (Å²) in [6.45, 7) is 2.59. The molecule has 0 spiro atoms. The van der Waals surface area contributed by atoms with Crippen molar-refractivity contribution < 1.29 is 9.53 Å². The highest BCUT2D eigenvalue weighted by Crippen LogP contribution is 2.43. The summed E-state index contributed by atoms with van der Waals surface area (Å²) in [6, 6.07) is 0. The zero-order valence-corrected chi connectivity index (χ0v) is 13.5. The van der Waals surface area contributed by atoms with Crippen LogP contribution >= 0.6 is 23.1 Å². The lowest BCUT2D eigenvalue weighted by Crippen LogP contribution is -2.30. The fraction of sp³-hybridized carbons (Fsp3) is 0.615. The van der Waals surface area contributed by atoms with E-state index in [0.717, 1.165) is 36.1 Å². The van der Waals surface area contributed by atoms with Crippen LogP contribution in [-0.2, 0) is 4.74 Å². The van der Waals surface area contributed by atoms with E-state index in [-0.39, 0.29) is 0 Å². The third kappa shape index (κ3) is 3.21. The van der Waals surface area contributed by atoms with Crippen LogP contribution in [0, 0.1) is 5.92 Å². The molecule has 1 aliphatic rings. The Morgan fingerprint density at radius 2 is 2.35 bits per heavy atom. The van der Waals surface area contributed by atoms with Gasteiger partial charge < -0.3 is 21.1 Å². The first kappa shape index (κ1) is 15.5. The van der Waals surface area contributed by atoms with Crippen molar-refractivity contribution in [3.8, 4) is 0 Å². The van der Waals surface area contributed by atoms with Gasteiger partial charge in [0.1, 0.15) is 9.88 Å². The third-order valence-electron chi connectivity index (χ3n) is 3.44. The highest BCUT2D eigenvalue weighted by atomic mass is 32.2. The lowest BCUT2D eigenvalue weighted by Gasteiger charge is -2.28. The Labute approximate surface area is 127 Å². The van der Waals surface area contributed by atoms with Crippen molar-refractivity contribution in [1.29, 1.82) is 0 Å². The Hall–Kier alpha value is -0.920. The first-order valence-electron chi connectivity index (χ1n) is 6.59. The van der Waals surface area contributed by atoms with Crippen molar-refractivity contribution in [2.24, 2.45) is 11.7 Å². The van der Waals surface area contributed by atoms with E-state index in [0.29, 0.717) is 16.5 Å². The lowest BCUT2D eigenvalue weighted by atomic mass is 10.0. The zero-order chi connectivity index (χ0) is 14.7. The predicted octanol–water partition coefficient (Wildman–Crippen LogP) is 2.01. The van der Waals surface area contributed by atoms with Crippen molar-refractivity contribution in [2.75, 3.05) is 43.7 Å². The second-order valence-corrected chi connectivity index (χ2v) is 6.83. The maximum absolute atomic E-state index is 11.4. The second kappa shape index (κ2) is 6.69. The Morgan fingerprint density at radius 3 is 2.90 bits per heavy atom. The molecule has 7 heteroatoms. The van der Waals surface area contributed by atoms with Crippen LogP contribution in [0.3, 0.4) is 0 Å². The van der Waals surface area contributed by atoms with Crippen LogP contribution < -0.4 is 16.4 Å². The molecule has 4 N–H and O–H groups in total. The summed E-state index contributed by atoms with van der Waals surface area (Å²) in [5.74, 6) is 0.0762. The Kier molecular flexibility index (Phi) is 5.17. The average molecular weight is 315 g/mol. The van der Waals surface area contributed by atoms with E-state index in [9.17, 15) is 4.79 Å². The molecule has 112 valence electrons. The maximum atomic E-state index is 11.4. The van der Waals surface area contributed by atoms with Gasteiger partial charge in [0.2, 0.25) is 0 Å². The van der Waals surface area contributed by atoms with Crippen LogP contribution in [0.15, 0.2) is 4.90 Å². The minimum atomic E-state index is -0.455. The average Bonchev–Trinajstić information content (AvgIpc) is 2.77. The van der Waals surface area contributed by atoms with Gasteiger partial charge in [0.05, 0.1) is 17.2 Å². The zero-order valence-electron chi connectivity index (χ0n) is 11.8. The number of hydrogen-bond donors (Lipinski definition) is 2. The molecule has 1 amide bonds. The van der Waals surface area contributed by atoms with E-state index in [1.807, 2.05) is 13.3 Å². The van der Waals surface area contributed by atoms with Gasteiger partial charge >= 0.3 is 0 Å². The van der Waals surface area contributed by atoms with Gasteiger partial charge in [-0.2, -0.15) is 0 Å². The molecule has 1 aromatic heterocycles. The number of ether oxygens (including phenoxy) is 1. The molecule has 0 aromatic carbocycles. The molecule has 1 aliphatic heterocycles. The number of thiophene rings is 1. The number of nitrogens with two attached hydrogens (primary N) is 2. The molecule has 2 rings (SSSR count). The first-order valence-corrected chi connectivity index (χ1v) is 8.63. The Balaban J connectivity index is 2.17. The number of nitrogens with zero attached hydrogens (tertiary/aromatic N) is 1. The lowest BCUT2D eigenvalue weighted by molar-refractivity contribution is 0.0576. The van der Waals surface area contributed by atoms with E-state index in [4.69, 9.17) is 16.2 Å². The Bertz CT molecular complexity index is 484. The molecule has 1 fully saturated rings. The number of nitrogen functional groups attached to an aromatic ring is 1. The molecule has 5 nitrogen and oxygen atoms in total. The van der Waals surface area contributed by atoms with Gasteiger partial charge in [-0.05, 0) is 25.0 Å². The van der Waals surface area contributed by atoms with Gasteiger partial charge in [-0.15, -0.1) is 23.1 Å². The molecule has 0 aliphatic carbocycles. The largest absolute Gasteiger partial charge is 0.396 e. The molecule has 0 radical (unpaired) electrons. The van der Waals surface area contributed by atoms with Crippen molar-refractivity contribution >= 4 is 39.7 Å². The van der Waals surface area contributed by atoms with E-state index in [1.54, 1.807) is 11.8 Å². The van der Waals surface area contributed by atoms with Crippen LogP contribution in [0.5, 0.6) is 0 Å². The number of carbonyl (C=O) groups excluding carboxylic acids is 1. The van der Waals surface area contributed by atoms with Crippen molar-refractivity contribution in [3.63, 3.8) is 0 Å². The standard InChI is InChI=1S/C13H21N3O2S2/c1-16(6-8-4-3-5-18-7-8)13-11(19-2)9(14)10(20-13)12(15)17/h8H,3-7,14H2,1-2H3,(H2,15,17). The summed E-state index contributed by atoms with van der Waals surface area (Å²) < 4.78 is 5.52. The molecule has 1 atom stereocenters. The van der Waals surface area contributed by atoms with E-state index in [2.05, 4.69) is 4.90 Å². The van der Waals surface area contributed by atoms with Crippen molar-refractivity contribution in [2.45, 2.75) is 17.7 Å². The van der Waals surface area contributed by atoms with E-state index >= 15 is 0 Å². The minimum absolute atomic E-state index is 0.455. The van der Waals surface area contributed by atoms with Crippen LogP contribution in [0.4, 0.5) is 10.7 Å². The molecular weight excluding hydrogens is 294 g/mol. The summed E-state index contributed by atoms with van der Waals surface area (Å²) in [6.07, 6.45) is 4.26. The number of primary amides is 1. The highest BCUT2D eigenvalue weighted by Gasteiger charge is 2.23. The van der Waals surface area contributed by atoms with Gasteiger partial charge in [-0.3, -0.25) is 4.79 Å². The summed E-state index contributed by atoms with van der Waals surface area (Å²) in [4.78, 5) is 15.0. The van der Waals surface area contributed by atoms with E-state index < -0.39 is 5.91 Å². The fourth-order valence-electron chi connectivity index (χ4n) is 2.47. The fourth-order valence-corrected chi connectivity index (χ4v) is 4.50. The molecule has 1 unspecified atom stereocenters. The van der Waals surface area contributed by atoms with Gasteiger partial charge in [0, 0.05) is 20.2 Å². The van der Waals surface area contributed by atoms with E-state index in [1.165, 1.54) is 17.8 Å². The number of anilines is 2. The van der Waals surface area contributed by atoms with Crippen molar-refractivity contribution in [3.05, 3.63) is 4.88 Å². The number of thioether (sulfide) groups is 1. The van der Waals surface area contributed by atoms with Gasteiger partial charge in [0.15, 0.2) is 0 Å². The topological polar surface area (TPSA) is 81.6 Å².